The van der Waals surface area contributed by atoms with Crippen LogP contribution in [0.2, 0.25) is 0 Å². The molecule has 0 unspecified atom stereocenters. The van der Waals surface area contributed by atoms with Crippen molar-refractivity contribution >= 4 is 5.69 Å². The number of benzene rings is 1. The van der Waals surface area contributed by atoms with Crippen LogP contribution < -0.4 is 10.1 Å². The summed E-state index contributed by atoms with van der Waals surface area (Å²) in [6, 6.07) is 1.52. The number of halogens is 1. The van der Waals surface area contributed by atoms with E-state index in [0.29, 0.717) is 12.4 Å². The number of hydrogen-bond donors (Lipinski definition) is 1. The zero-order valence-corrected chi connectivity index (χ0v) is 7.78. The molecule has 0 atom stereocenters. The predicted octanol–water partition coefficient (Wildman–Crippen LogP) is 2.25. The number of rotatable bonds is 0. The Kier molecular flexibility index (Phi) is 1.87. The van der Waals surface area contributed by atoms with Crippen LogP contribution in [-0.4, -0.2) is 13.2 Å². The molecule has 1 aromatic rings. The van der Waals surface area contributed by atoms with Crippen LogP contribution >= 0.6 is 0 Å². The fraction of sp³-hybridized carbons (Fsp3) is 0.400. The molecule has 1 heterocycles. The Morgan fingerprint density at radius 1 is 1.46 bits per heavy atom. The summed E-state index contributed by atoms with van der Waals surface area (Å²) in [7, 11) is 0. The van der Waals surface area contributed by atoms with Crippen LogP contribution in [0.1, 0.15) is 11.1 Å². The van der Waals surface area contributed by atoms with E-state index in [0.717, 1.165) is 23.4 Å². The molecule has 1 aliphatic heterocycles. The molecule has 13 heavy (non-hydrogen) atoms. The molecule has 0 saturated heterocycles. The summed E-state index contributed by atoms with van der Waals surface area (Å²) in [5, 5.41) is 3.15. The van der Waals surface area contributed by atoms with Crippen molar-refractivity contribution in [1.29, 1.82) is 0 Å². The molecule has 2 rings (SSSR count). The third kappa shape index (κ3) is 1.24. The van der Waals surface area contributed by atoms with Crippen molar-refractivity contribution in [1.82, 2.24) is 0 Å². The fourth-order valence-electron chi connectivity index (χ4n) is 1.53. The summed E-state index contributed by atoms with van der Waals surface area (Å²) in [6.45, 7) is 5.15. The van der Waals surface area contributed by atoms with Crippen molar-refractivity contribution in [3.05, 3.63) is 23.0 Å². The lowest BCUT2D eigenvalue weighted by molar-refractivity contribution is 0.305. The molecule has 2 nitrogen and oxygen atoms in total. The van der Waals surface area contributed by atoms with Crippen molar-refractivity contribution in [2.45, 2.75) is 13.8 Å². The van der Waals surface area contributed by atoms with Gasteiger partial charge in [0.2, 0.25) is 0 Å². The van der Waals surface area contributed by atoms with E-state index in [1.165, 1.54) is 6.07 Å². The van der Waals surface area contributed by atoms with Crippen LogP contribution in [0.4, 0.5) is 10.1 Å². The quantitative estimate of drug-likeness (QED) is 0.662. The van der Waals surface area contributed by atoms with Crippen LogP contribution in [0.3, 0.4) is 0 Å². The summed E-state index contributed by atoms with van der Waals surface area (Å²) < 4.78 is 18.6. The molecule has 1 aliphatic rings. The fourth-order valence-corrected chi connectivity index (χ4v) is 1.53. The lowest BCUT2D eigenvalue weighted by Crippen LogP contribution is -2.20. The second-order valence-electron chi connectivity index (χ2n) is 3.28. The minimum absolute atomic E-state index is 0.273. The average molecular weight is 181 g/mol. The van der Waals surface area contributed by atoms with Crippen molar-refractivity contribution in [3.8, 4) is 5.75 Å². The van der Waals surface area contributed by atoms with Crippen LogP contribution in [0, 0.1) is 19.7 Å². The number of fused-ring (bicyclic) bond motifs is 1. The Morgan fingerprint density at radius 3 is 3.00 bits per heavy atom. The third-order valence-corrected chi connectivity index (χ3v) is 2.40. The van der Waals surface area contributed by atoms with E-state index in [1.807, 2.05) is 13.8 Å². The highest BCUT2D eigenvalue weighted by atomic mass is 19.1. The van der Waals surface area contributed by atoms with Gasteiger partial charge >= 0.3 is 0 Å². The van der Waals surface area contributed by atoms with Gasteiger partial charge in [0.05, 0.1) is 5.69 Å². The lowest BCUT2D eigenvalue weighted by atomic mass is 10.1. The molecule has 0 radical (unpaired) electrons. The molecule has 0 fully saturated rings. The highest BCUT2D eigenvalue weighted by molar-refractivity contribution is 5.65. The molecule has 0 saturated carbocycles. The number of anilines is 1. The zero-order chi connectivity index (χ0) is 9.42. The molecule has 0 aromatic heterocycles. The van der Waals surface area contributed by atoms with Crippen molar-refractivity contribution in [3.63, 3.8) is 0 Å². The highest BCUT2D eigenvalue weighted by Gasteiger charge is 2.17. The molecular formula is C10H12FNO. The Labute approximate surface area is 76.7 Å². The standard InChI is InChI=1S/C10H12FNO/c1-6-5-8(11)10-9(7(6)2)12-3-4-13-10/h5,12H,3-4H2,1-2H3. The maximum Gasteiger partial charge on any atom is 0.178 e. The summed E-state index contributed by atoms with van der Waals surface area (Å²) in [5.74, 6) is 0.0969. The van der Waals surface area contributed by atoms with Crippen molar-refractivity contribution in [2.75, 3.05) is 18.5 Å². The van der Waals surface area contributed by atoms with E-state index in [9.17, 15) is 4.39 Å². The van der Waals surface area contributed by atoms with E-state index in [2.05, 4.69) is 5.32 Å². The Hall–Kier alpha value is -1.25. The topological polar surface area (TPSA) is 21.3 Å². The molecule has 1 aromatic carbocycles. The van der Waals surface area contributed by atoms with Gasteiger partial charge in [-0.15, -0.1) is 0 Å². The van der Waals surface area contributed by atoms with E-state index in [4.69, 9.17) is 4.74 Å². The molecular weight excluding hydrogens is 169 g/mol. The van der Waals surface area contributed by atoms with Gasteiger partial charge in [-0.2, -0.15) is 0 Å². The predicted molar refractivity (Wildman–Crippen MR) is 49.9 cm³/mol. The molecule has 0 amide bonds. The van der Waals surface area contributed by atoms with Gasteiger partial charge in [-0.1, -0.05) is 0 Å². The molecule has 70 valence electrons. The summed E-state index contributed by atoms with van der Waals surface area (Å²) in [6.07, 6.45) is 0. The first-order valence-corrected chi connectivity index (χ1v) is 4.36. The number of hydrogen-bond acceptors (Lipinski definition) is 2. The summed E-state index contributed by atoms with van der Waals surface area (Å²) >= 11 is 0. The van der Waals surface area contributed by atoms with Gasteiger partial charge in [0, 0.05) is 6.54 Å². The molecule has 0 aliphatic carbocycles. The Morgan fingerprint density at radius 2 is 2.23 bits per heavy atom. The first kappa shape index (κ1) is 8.35. The Bertz CT molecular complexity index is 349. The van der Waals surface area contributed by atoms with Crippen molar-refractivity contribution < 1.29 is 9.13 Å². The molecule has 0 spiro atoms. The summed E-state index contributed by atoms with van der Waals surface area (Å²) in [5.41, 5.74) is 2.83. The minimum Gasteiger partial charge on any atom is -0.486 e. The normalized spacial score (nSPS) is 14.4. The zero-order valence-electron chi connectivity index (χ0n) is 7.78. The second kappa shape index (κ2) is 2.91. The highest BCUT2D eigenvalue weighted by Crippen LogP contribution is 2.35. The van der Waals surface area contributed by atoms with Gasteiger partial charge in [-0.3, -0.25) is 0 Å². The lowest BCUT2D eigenvalue weighted by Gasteiger charge is -2.22. The average Bonchev–Trinajstić information content (AvgIpc) is 2.15. The minimum atomic E-state index is -0.273. The SMILES string of the molecule is Cc1cc(F)c2c(c1C)NCCO2. The second-order valence-corrected chi connectivity index (χ2v) is 3.28. The van der Waals surface area contributed by atoms with E-state index in [1.54, 1.807) is 0 Å². The maximum absolute atomic E-state index is 13.3. The van der Waals surface area contributed by atoms with Gasteiger partial charge < -0.3 is 10.1 Å². The monoisotopic (exact) mass is 181 g/mol. The van der Waals surface area contributed by atoms with Gasteiger partial charge in [-0.25, -0.2) is 4.39 Å². The van der Waals surface area contributed by atoms with Crippen LogP contribution in [-0.2, 0) is 0 Å². The van der Waals surface area contributed by atoms with E-state index < -0.39 is 0 Å². The smallest absolute Gasteiger partial charge is 0.178 e. The van der Waals surface area contributed by atoms with Crippen LogP contribution in [0.25, 0.3) is 0 Å². The number of aryl methyl sites for hydroxylation is 1. The maximum atomic E-state index is 13.3. The first-order valence-electron chi connectivity index (χ1n) is 4.36. The largest absolute Gasteiger partial charge is 0.486 e. The van der Waals surface area contributed by atoms with Gasteiger partial charge in [0.1, 0.15) is 6.61 Å². The van der Waals surface area contributed by atoms with E-state index in [-0.39, 0.29) is 5.82 Å². The van der Waals surface area contributed by atoms with Crippen LogP contribution in [0.5, 0.6) is 5.75 Å². The van der Waals surface area contributed by atoms with E-state index >= 15 is 0 Å². The molecule has 1 N–H and O–H groups in total. The Balaban J connectivity index is 2.63. The third-order valence-electron chi connectivity index (χ3n) is 2.40. The molecule has 0 bridgehead atoms. The van der Waals surface area contributed by atoms with Gasteiger partial charge in [0.15, 0.2) is 11.6 Å². The molecule has 3 heteroatoms. The van der Waals surface area contributed by atoms with Gasteiger partial charge in [-0.05, 0) is 31.0 Å². The van der Waals surface area contributed by atoms with Crippen LogP contribution in [0.15, 0.2) is 6.07 Å². The number of ether oxygens (including phenoxy) is 1. The van der Waals surface area contributed by atoms with Gasteiger partial charge in [0.25, 0.3) is 0 Å². The number of nitrogens with one attached hydrogen (secondary N) is 1. The van der Waals surface area contributed by atoms with Crippen molar-refractivity contribution in [2.24, 2.45) is 0 Å². The first-order chi connectivity index (χ1) is 6.20. The summed E-state index contributed by atoms with van der Waals surface area (Å²) in [4.78, 5) is 0.